The van der Waals surface area contributed by atoms with E-state index in [0.717, 1.165) is 5.56 Å². The molecule has 0 amide bonds. The van der Waals surface area contributed by atoms with Crippen LogP contribution < -0.4 is 9.47 Å². The number of aliphatic hydroxyl groups is 2. The zero-order chi connectivity index (χ0) is 13.8. The lowest BCUT2D eigenvalue weighted by Crippen LogP contribution is -2.28. The first-order chi connectivity index (χ1) is 8.37. The molecule has 0 spiro atoms. The fraction of sp³-hybridized carbons (Fsp3) is 0.538. The zero-order valence-corrected chi connectivity index (χ0v) is 12.5. The van der Waals surface area contributed by atoms with E-state index < -0.39 is 5.60 Å². The molecule has 5 heteroatoms. The molecule has 0 saturated carbocycles. The number of hydrogen-bond acceptors (Lipinski definition) is 4. The minimum atomic E-state index is -0.918. The third kappa shape index (κ3) is 4.48. The van der Waals surface area contributed by atoms with Gasteiger partial charge < -0.3 is 19.7 Å². The van der Waals surface area contributed by atoms with E-state index in [4.69, 9.17) is 14.6 Å². The first-order valence-electron chi connectivity index (χ1n) is 5.78. The molecule has 1 aromatic carbocycles. The number of halogens is 1. The van der Waals surface area contributed by atoms with Gasteiger partial charge in [-0.1, -0.05) is 0 Å². The van der Waals surface area contributed by atoms with Crippen molar-refractivity contribution >= 4 is 15.9 Å². The van der Waals surface area contributed by atoms with Crippen molar-refractivity contribution in [2.75, 3.05) is 13.2 Å². The summed E-state index contributed by atoms with van der Waals surface area (Å²) in [4.78, 5) is 0. The fourth-order valence-corrected chi connectivity index (χ4v) is 1.97. The van der Waals surface area contributed by atoms with Gasteiger partial charge in [0.1, 0.15) is 6.61 Å². The predicted molar refractivity (Wildman–Crippen MR) is 73.0 cm³/mol. The Balaban J connectivity index is 3.00. The van der Waals surface area contributed by atoms with Crippen molar-refractivity contribution in [1.29, 1.82) is 0 Å². The Morgan fingerprint density at radius 2 is 1.94 bits per heavy atom. The Morgan fingerprint density at radius 1 is 1.28 bits per heavy atom. The minimum Gasteiger partial charge on any atom is -0.490 e. The summed E-state index contributed by atoms with van der Waals surface area (Å²) in [5.74, 6) is 1.09. The van der Waals surface area contributed by atoms with E-state index in [1.54, 1.807) is 26.0 Å². The summed E-state index contributed by atoms with van der Waals surface area (Å²) in [6.45, 7) is 5.81. The van der Waals surface area contributed by atoms with E-state index in [1.165, 1.54) is 0 Å². The molecule has 0 fully saturated rings. The van der Waals surface area contributed by atoms with Crippen LogP contribution in [-0.4, -0.2) is 29.0 Å². The van der Waals surface area contributed by atoms with Crippen molar-refractivity contribution in [2.24, 2.45) is 0 Å². The fourth-order valence-electron chi connectivity index (χ4n) is 1.36. The van der Waals surface area contributed by atoms with Crippen molar-refractivity contribution in [2.45, 2.75) is 33.0 Å². The van der Waals surface area contributed by atoms with Gasteiger partial charge in [0.15, 0.2) is 11.5 Å². The molecule has 2 N–H and O–H groups in total. The van der Waals surface area contributed by atoms with Gasteiger partial charge >= 0.3 is 0 Å². The molecular weight excluding hydrogens is 300 g/mol. The maximum Gasteiger partial charge on any atom is 0.175 e. The quantitative estimate of drug-likeness (QED) is 0.846. The largest absolute Gasteiger partial charge is 0.490 e. The van der Waals surface area contributed by atoms with Gasteiger partial charge in [0.2, 0.25) is 0 Å². The standard InChI is InChI=1S/C13H19BrO4/c1-4-17-11-6-9(7-15)5-10(14)12(11)18-8-13(2,3)16/h5-6,15-16H,4,7-8H2,1-3H3. The minimum absolute atomic E-state index is 0.0650. The van der Waals surface area contributed by atoms with Gasteiger partial charge in [0.25, 0.3) is 0 Å². The summed E-state index contributed by atoms with van der Waals surface area (Å²) < 4.78 is 11.8. The van der Waals surface area contributed by atoms with Crippen molar-refractivity contribution in [3.05, 3.63) is 22.2 Å². The van der Waals surface area contributed by atoms with Crippen LogP contribution in [0.25, 0.3) is 0 Å². The summed E-state index contributed by atoms with van der Waals surface area (Å²) in [6, 6.07) is 3.50. The lowest BCUT2D eigenvalue weighted by Gasteiger charge is -2.20. The number of aliphatic hydroxyl groups excluding tert-OH is 1. The molecule has 0 bridgehead atoms. The highest BCUT2D eigenvalue weighted by molar-refractivity contribution is 9.10. The maximum absolute atomic E-state index is 9.67. The molecule has 4 nitrogen and oxygen atoms in total. The molecule has 1 rings (SSSR count). The van der Waals surface area contributed by atoms with Crippen molar-refractivity contribution in [1.82, 2.24) is 0 Å². The smallest absolute Gasteiger partial charge is 0.175 e. The Bertz CT molecular complexity index is 399. The molecule has 102 valence electrons. The Labute approximate surface area is 116 Å². The third-order valence-corrected chi connectivity index (χ3v) is 2.71. The third-order valence-electron chi connectivity index (χ3n) is 2.12. The number of benzene rings is 1. The summed E-state index contributed by atoms with van der Waals surface area (Å²) in [5, 5.41) is 18.8. The van der Waals surface area contributed by atoms with Gasteiger partial charge in [-0.25, -0.2) is 0 Å². The number of hydrogen-bond donors (Lipinski definition) is 2. The van der Waals surface area contributed by atoms with Gasteiger partial charge in [-0.05, 0) is 54.4 Å². The lowest BCUT2D eigenvalue weighted by molar-refractivity contribution is 0.0271. The second kappa shape index (κ2) is 6.41. The average Bonchev–Trinajstić information content (AvgIpc) is 2.26. The van der Waals surface area contributed by atoms with Crippen molar-refractivity contribution in [3.8, 4) is 11.5 Å². The topological polar surface area (TPSA) is 58.9 Å². The summed E-state index contributed by atoms with van der Waals surface area (Å²) >= 11 is 3.38. The predicted octanol–water partition coefficient (Wildman–Crippen LogP) is 2.49. The highest BCUT2D eigenvalue weighted by atomic mass is 79.9. The van der Waals surface area contributed by atoms with Crippen LogP contribution in [0.15, 0.2) is 16.6 Å². The van der Waals surface area contributed by atoms with Gasteiger partial charge in [-0.3, -0.25) is 0 Å². The van der Waals surface area contributed by atoms with E-state index in [2.05, 4.69) is 15.9 Å². The normalized spacial score (nSPS) is 11.4. The van der Waals surface area contributed by atoms with E-state index in [-0.39, 0.29) is 13.2 Å². The maximum atomic E-state index is 9.67. The molecule has 0 atom stereocenters. The van der Waals surface area contributed by atoms with Crippen LogP contribution in [0.1, 0.15) is 26.3 Å². The molecule has 0 aliphatic rings. The van der Waals surface area contributed by atoms with Gasteiger partial charge in [-0.15, -0.1) is 0 Å². The summed E-state index contributed by atoms with van der Waals surface area (Å²) in [7, 11) is 0. The van der Waals surface area contributed by atoms with Crippen LogP contribution in [0.4, 0.5) is 0 Å². The molecule has 0 aliphatic carbocycles. The van der Waals surface area contributed by atoms with Crippen LogP contribution in [0, 0.1) is 0 Å². The van der Waals surface area contributed by atoms with Gasteiger partial charge in [0.05, 0.1) is 23.3 Å². The summed E-state index contributed by atoms with van der Waals surface area (Å²) in [5.41, 5.74) is -0.181. The first kappa shape index (κ1) is 15.3. The molecule has 0 unspecified atom stereocenters. The molecular formula is C13H19BrO4. The van der Waals surface area contributed by atoms with Crippen LogP contribution in [-0.2, 0) is 6.61 Å². The molecule has 0 heterocycles. The monoisotopic (exact) mass is 318 g/mol. The Hall–Kier alpha value is -0.780. The van der Waals surface area contributed by atoms with Crippen LogP contribution in [0.2, 0.25) is 0 Å². The molecule has 18 heavy (non-hydrogen) atoms. The van der Waals surface area contributed by atoms with Gasteiger partial charge in [0, 0.05) is 0 Å². The van der Waals surface area contributed by atoms with Crippen LogP contribution in [0.5, 0.6) is 11.5 Å². The molecule has 0 aliphatic heterocycles. The second-order valence-electron chi connectivity index (χ2n) is 4.60. The number of ether oxygens (including phenoxy) is 2. The Kier molecular flexibility index (Phi) is 5.44. The van der Waals surface area contributed by atoms with E-state index in [9.17, 15) is 5.11 Å². The second-order valence-corrected chi connectivity index (χ2v) is 5.45. The number of rotatable bonds is 6. The van der Waals surface area contributed by atoms with Crippen molar-refractivity contribution in [3.63, 3.8) is 0 Å². The Morgan fingerprint density at radius 3 is 2.44 bits per heavy atom. The van der Waals surface area contributed by atoms with E-state index in [0.29, 0.717) is 22.6 Å². The zero-order valence-electron chi connectivity index (χ0n) is 10.9. The van der Waals surface area contributed by atoms with Crippen LogP contribution >= 0.6 is 15.9 Å². The lowest BCUT2D eigenvalue weighted by atomic mass is 10.1. The molecule has 1 aromatic rings. The average molecular weight is 319 g/mol. The van der Waals surface area contributed by atoms with E-state index >= 15 is 0 Å². The highest BCUT2D eigenvalue weighted by Gasteiger charge is 2.18. The van der Waals surface area contributed by atoms with Gasteiger partial charge in [-0.2, -0.15) is 0 Å². The molecule has 0 saturated heterocycles. The molecule has 0 radical (unpaired) electrons. The van der Waals surface area contributed by atoms with E-state index in [1.807, 2.05) is 6.92 Å². The van der Waals surface area contributed by atoms with Crippen molar-refractivity contribution < 1.29 is 19.7 Å². The first-order valence-corrected chi connectivity index (χ1v) is 6.58. The SMILES string of the molecule is CCOc1cc(CO)cc(Br)c1OCC(C)(C)O. The molecule has 0 aromatic heterocycles. The highest BCUT2D eigenvalue weighted by Crippen LogP contribution is 2.37. The summed E-state index contributed by atoms with van der Waals surface area (Å²) in [6.07, 6.45) is 0. The van der Waals surface area contributed by atoms with Crippen LogP contribution in [0.3, 0.4) is 0 Å².